The number of hydrogen-bond acceptors (Lipinski definition) is 3. The Kier molecular flexibility index (Phi) is 4.23. The third-order valence-electron chi connectivity index (χ3n) is 8.47. The van der Waals surface area contributed by atoms with Gasteiger partial charge < -0.3 is 0 Å². The Labute approximate surface area is 234 Å². The van der Waals surface area contributed by atoms with Crippen molar-refractivity contribution < 1.29 is 0 Å². The summed E-state index contributed by atoms with van der Waals surface area (Å²) in [7, 11) is 0. The highest BCUT2D eigenvalue weighted by Gasteiger charge is 2.52. The minimum atomic E-state index is -0.384. The second kappa shape index (κ2) is 7.63. The fourth-order valence-corrected chi connectivity index (χ4v) is 8.40. The van der Waals surface area contributed by atoms with E-state index in [9.17, 15) is 0 Å². The van der Waals surface area contributed by atoms with Crippen LogP contribution in [0.1, 0.15) is 22.3 Å². The second-order valence-corrected chi connectivity index (χ2v) is 11.6. The van der Waals surface area contributed by atoms with Crippen molar-refractivity contribution >= 4 is 43.2 Å². The van der Waals surface area contributed by atoms with Crippen LogP contribution in [0.25, 0.3) is 53.8 Å². The maximum atomic E-state index is 6.62. The van der Waals surface area contributed by atoms with Crippen molar-refractivity contribution in [3.05, 3.63) is 143 Å². The van der Waals surface area contributed by atoms with Crippen LogP contribution in [0.2, 0.25) is 5.28 Å². The molecule has 1 spiro atoms. The van der Waals surface area contributed by atoms with E-state index in [-0.39, 0.29) is 10.7 Å². The smallest absolute Gasteiger partial charge is 0.216 e. The highest BCUT2D eigenvalue weighted by Crippen LogP contribution is 2.64. The first kappa shape index (κ1) is 21.6. The molecule has 2 heterocycles. The van der Waals surface area contributed by atoms with Crippen LogP contribution >= 0.6 is 22.9 Å². The molecule has 0 saturated carbocycles. The molecular formula is C35H19ClN2S. The number of halogens is 1. The third kappa shape index (κ3) is 2.62. The molecule has 2 nitrogen and oxygen atoms in total. The van der Waals surface area contributed by atoms with E-state index in [1.54, 1.807) is 11.3 Å². The molecule has 39 heavy (non-hydrogen) atoms. The molecule has 0 atom stereocenters. The monoisotopic (exact) mass is 534 g/mol. The van der Waals surface area contributed by atoms with Gasteiger partial charge in [0, 0.05) is 15.6 Å². The van der Waals surface area contributed by atoms with Crippen molar-refractivity contribution in [2.45, 2.75) is 5.41 Å². The van der Waals surface area contributed by atoms with Gasteiger partial charge in [-0.15, -0.1) is 11.3 Å². The van der Waals surface area contributed by atoms with Crippen molar-refractivity contribution in [2.75, 3.05) is 0 Å². The van der Waals surface area contributed by atoms with Crippen LogP contribution in [-0.4, -0.2) is 9.97 Å². The van der Waals surface area contributed by atoms with Crippen LogP contribution in [0, 0.1) is 0 Å². The predicted molar refractivity (Wildman–Crippen MR) is 162 cm³/mol. The number of thiophene rings is 1. The number of aromatic nitrogens is 2. The molecule has 2 aromatic heterocycles. The highest BCUT2D eigenvalue weighted by atomic mass is 35.5. The third-order valence-corrected chi connectivity index (χ3v) is 9.80. The molecule has 0 amide bonds. The predicted octanol–water partition coefficient (Wildman–Crippen LogP) is 9.51. The zero-order valence-electron chi connectivity index (χ0n) is 20.7. The van der Waals surface area contributed by atoms with Gasteiger partial charge in [-0.1, -0.05) is 109 Å². The first-order chi connectivity index (χ1) is 19.3. The number of nitrogens with zero attached hydrogens (tertiary/aromatic N) is 2. The van der Waals surface area contributed by atoms with E-state index in [1.807, 2.05) is 0 Å². The van der Waals surface area contributed by atoms with Crippen molar-refractivity contribution in [3.8, 4) is 33.5 Å². The van der Waals surface area contributed by atoms with Crippen LogP contribution < -0.4 is 0 Å². The molecule has 9 rings (SSSR count). The number of fused-ring (bicyclic) bond motifs is 13. The fourth-order valence-electron chi connectivity index (χ4n) is 7.09. The first-order valence-corrected chi connectivity index (χ1v) is 14.2. The molecular weight excluding hydrogens is 516 g/mol. The van der Waals surface area contributed by atoms with Gasteiger partial charge in [-0.2, -0.15) is 0 Å². The Hall–Kier alpha value is -4.31. The summed E-state index contributed by atoms with van der Waals surface area (Å²) in [5.41, 5.74) is 12.9. The topological polar surface area (TPSA) is 25.8 Å². The summed E-state index contributed by atoms with van der Waals surface area (Å²) < 4.78 is 2.26. The Morgan fingerprint density at radius 1 is 0.538 bits per heavy atom. The number of hydrogen-bond donors (Lipinski definition) is 0. The van der Waals surface area contributed by atoms with Crippen LogP contribution in [0.4, 0.5) is 0 Å². The second-order valence-electron chi connectivity index (χ2n) is 10.2. The molecule has 0 radical (unpaired) electrons. The lowest BCUT2D eigenvalue weighted by Gasteiger charge is -2.30. The standard InChI is InChI=1S/C35H19ClN2S/c36-34-37-31-23-13-4-8-19-29(23)39-33(31)32(38-34)24-14-9-18-28-30(24)22-12-3-7-17-27(22)35(28)25-15-5-1-10-20(25)21-11-2-6-16-26(21)35/h1-19H. The number of rotatable bonds is 1. The maximum Gasteiger partial charge on any atom is 0.223 e. The van der Waals surface area contributed by atoms with Gasteiger partial charge in [-0.3, -0.25) is 0 Å². The summed E-state index contributed by atoms with van der Waals surface area (Å²) >= 11 is 8.35. The SMILES string of the molecule is Clc1nc(-c2cccc3c2-c2ccccc2C32c3ccccc3-c3ccccc32)c2sc3ccccc3c2n1. The fraction of sp³-hybridized carbons (Fsp3) is 0.0286. The Bertz CT molecular complexity index is 2110. The Balaban J connectivity index is 1.45. The lowest BCUT2D eigenvalue weighted by molar-refractivity contribution is 0.794. The largest absolute Gasteiger partial charge is 0.223 e. The molecule has 7 aromatic rings. The van der Waals surface area contributed by atoms with Gasteiger partial charge in [0.1, 0.15) is 0 Å². The molecule has 2 aliphatic rings. The van der Waals surface area contributed by atoms with E-state index >= 15 is 0 Å². The van der Waals surface area contributed by atoms with Gasteiger partial charge >= 0.3 is 0 Å². The van der Waals surface area contributed by atoms with E-state index in [1.165, 1.54) is 49.2 Å². The molecule has 2 aliphatic carbocycles. The molecule has 182 valence electrons. The summed E-state index contributed by atoms with van der Waals surface area (Å²) in [6, 6.07) is 41.7. The van der Waals surface area contributed by atoms with Gasteiger partial charge in [-0.05, 0) is 62.2 Å². The number of benzene rings is 5. The molecule has 4 heteroatoms. The van der Waals surface area contributed by atoms with E-state index in [2.05, 4.69) is 120 Å². The zero-order chi connectivity index (χ0) is 25.7. The van der Waals surface area contributed by atoms with Gasteiger partial charge in [0.05, 0.1) is 21.3 Å². The van der Waals surface area contributed by atoms with Gasteiger partial charge in [-0.25, -0.2) is 9.97 Å². The van der Waals surface area contributed by atoms with Crippen molar-refractivity contribution in [1.29, 1.82) is 0 Å². The summed E-state index contributed by atoms with van der Waals surface area (Å²) in [5, 5.41) is 1.39. The minimum Gasteiger partial charge on any atom is -0.216 e. The summed E-state index contributed by atoms with van der Waals surface area (Å²) in [5.74, 6) is 0. The van der Waals surface area contributed by atoms with Gasteiger partial charge in [0.2, 0.25) is 5.28 Å². The maximum absolute atomic E-state index is 6.62. The molecule has 0 N–H and O–H groups in total. The summed E-state index contributed by atoms with van der Waals surface area (Å²) in [6.07, 6.45) is 0. The first-order valence-electron chi connectivity index (χ1n) is 13.0. The van der Waals surface area contributed by atoms with Crippen LogP contribution in [-0.2, 0) is 5.41 Å². The van der Waals surface area contributed by atoms with E-state index in [0.717, 1.165) is 26.9 Å². The molecule has 0 saturated heterocycles. The van der Waals surface area contributed by atoms with Crippen molar-refractivity contribution in [2.24, 2.45) is 0 Å². The van der Waals surface area contributed by atoms with Crippen LogP contribution in [0.5, 0.6) is 0 Å². The highest BCUT2D eigenvalue weighted by molar-refractivity contribution is 7.26. The molecule has 0 fully saturated rings. The minimum absolute atomic E-state index is 0.274. The Morgan fingerprint density at radius 3 is 1.85 bits per heavy atom. The lowest BCUT2D eigenvalue weighted by atomic mass is 9.70. The van der Waals surface area contributed by atoms with E-state index < -0.39 is 0 Å². The van der Waals surface area contributed by atoms with E-state index in [4.69, 9.17) is 16.6 Å². The normalized spacial score (nSPS) is 14.0. The molecule has 0 unspecified atom stereocenters. The van der Waals surface area contributed by atoms with E-state index in [0.29, 0.717) is 0 Å². The molecule has 0 aliphatic heterocycles. The average Bonchev–Trinajstić information content (AvgIpc) is 3.61. The summed E-state index contributed by atoms with van der Waals surface area (Å²) in [6.45, 7) is 0. The Morgan fingerprint density at radius 2 is 1.10 bits per heavy atom. The van der Waals surface area contributed by atoms with Gasteiger partial charge in [0.25, 0.3) is 0 Å². The van der Waals surface area contributed by atoms with Crippen LogP contribution in [0.3, 0.4) is 0 Å². The zero-order valence-corrected chi connectivity index (χ0v) is 22.2. The molecule has 0 bridgehead atoms. The average molecular weight is 535 g/mol. The lowest BCUT2D eigenvalue weighted by Crippen LogP contribution is -2.25. The van der Waals surface area contributed by atoms with Gasteiger partial charge in [0.15, 0.2) is 0 Å². The quantitative estimate of drug-likeness (QED) is 0.196. The molecule has 5 aromatic carbocycles. The summed E-state index contributed by atoms with van der Waals surface area (Å²) in [4.78, 5) is 9.57. The van der Waals surface area contributed by atoms with Crippen molar-refractivity contribution in [3.63, 3.8) is 0 Å². The van der Waals surface area contributed by atoms with Crippen molar-refractivity contribution in [1.82, 2.24) is 9.97 Å². The van der Waals surface area contributed by atoms with Crippen LogP contribution in [0.15, 0.2) is 115 Å².